The van der Waals surface area contributed by atoms with Crippen LogP contribution in [0.5, 0.6) is 5.75 Å². The van der Waals surface area contributed by atoms with Gasteiger partial charge in [-0.05, 0) is 30.7 Å². The summed E-state index contributed by atoms with van der Waals surface area (Å²) in [5, 5.41) is 17.0. The molecule has 1 aromatic rings. The maximum absolute atomic E-state index is 12.2. The summed E-state index contributed by atoms with van der Waals surface area (Å²) in [7, 11) is 0. The lowest BCUT2D eigenvalue weighted by molar-refractivity contribution is -0.274. The molecule has 1 aromatic carbocycles. The summed E-state index contributed by atoms with van der Waals surface area (Å²) >= 11 is 5.55. The van der Waals surface area contributed by atoms with E-state index >= 15 is 0 Å². The van der Waals surface area contributed by atoms with Crippen LogP contribution in [0.4, 0.5) is 13.2 Å². The fourth-order valence-corrected chi connectivity index (χ4v) is 1.61. The first-order valence-corrected chi connectivity index (χ1v) is 5.95. The average molecular weight is 327 g/mol. The van der Waals surface area contributed by atoms with Crippen molar-refractivity contribution in [2.75, 3.05) is 0 Å². The molecule has 0 fully saturated rings. The molecule has 0 amide bonds. The molecule has 0 saturated carbocycles. The molecule has 21 heavy (non-hydrogen) atoms. The van der Waals surface area contributed by atoms with Crippen molar-refractivity contribution in [3.05, 3.63) is 29.3 Å². The molecule has 2 unspecified atom stereocenters. The van der Waals surface area contributed by atoms with Crippen molar-refractivity contribution < 1.29 is 37.7 Å². The Hall–Kier alpha value is -1.80. The molecule has 2 N–H and O–H groups in total. The third kappa shape index (κ3) is 4.91. The summed E-state index contributed by atoms with van der Waals surface area (Å²) in [6.07, 6.45) is -7.13. The molecule has 9 heteroatoms. The van der Waals surface area contributed by atoms with Gasteiger partial charge in [0.2, 0.25) is 0 Å². The molecule has 0 saturated heterocycles. The van der Waals surface area contributed by atoms with Crippen LogP contribution in [0.3, 0.4) is 0 Å². The number of halogens is 4. The highest BCUT2D eigenvalue weighted by Gasteiger charge is 2.32. The van der Waals surface area contributed by atoms with Crippen LogP contribution in [-0.4, -0.2) is 33.7 Å². The number of carboxylic acids is 1. The molecule has 0 heterocycles. The van der Waals surface area contributed by atoms with Crippen LogP contribution in [0.2, 0.25) is 0 Å². The Morgan fingerprint density at radius 3 is 2.29 bits per heavy atom. The first-order chi connectivity index (χ1) is 9.51. The van der Waals surface area contributed by atoms with Crippen LogP contribution < -0.4 is 4.74 Å². The smallest absolute Gasteiger partial charge is 0.479 e. The van der Waals surface area contributed by atoms with E-state index in [2.05, 4.69) is 4.74 Å². The van der Waals surface area contributed by atoms with Crippen molar-refractivity contribution >= 4 is 23.4 Å². The quantitative estimate of drug-likeness (QED) is 0.641. The second-order valence-corrected chi connectivity index (χ2v) is 4.71. The normalized spacial score (nSPS) is 14.4. The van der Waals surface area contributed by atoms with Gasteiger partial charge in [0.1, 0.15) is 5.75 Å². The Morgan fingerprint density at radius 2 is 1.86 bits per heavy atom. The summed E-state index contributed by atoms with van der Waals surface area (Å²) in [5.74, 6) is -3.24. The zero-order chi connectivity index (χ0) is 16.4. The number of aliphatic hydroxyl groups is 1. The number of Topliss-reactive ketones (excluding diaryl/α,β-unsaturated/α-hetero) is 1. The lowest BCUT2D eigenvalue weighted by atomic mass is 10.0. The van der Waals surface area contributed by atoms with Crippen LogP contribution in [0.15, 0.2) is 18.2 Å². The van der Waals surface area contributed by atoms with Gasteiger partial charge >= 0.3 is 12.3 Å². The Kier molecular flexibility index (Phi) is 5.19. The van der Waals surface area contributed by atoms with E-state index in [9.17, 15) is 27.9 Å². The number of ether oxygens (including phenoxy) is 1. The number of carbonyl (C=O) groups excluding carboxylic acids is 1. The van der Waals surface area contributed by atoms with E-state index in [1.54, 1.807) is 0 Å². The number of aliphatic carboxylic acids is 1. The first kappa shape index (κ1) is 17.3. The highest BCUT2D eigenvalue weighted by Crippen LogP contribution is 2.28. The summed E-state index contributed by atoms with van der Waals surface area (Å²) in [5.41, 5.74) is -0.723. The highest BCUT2D eigenvalue weighted by atomic mass is 35.5. The molecule has 2 atom stereocenters. The van der Waals surface area contributed by atoms with Crippen LogP contribution in [-0.2, 0) is 4.79 Å². The largest absolute Gasteiger partial charge is 0.573 e. The molecule has 0 aliphatic heterocycles. The van der Waals surface area contributed by atoms with E-state index in [1.165, 1.54) is 6.92 Å². The third-order valence-corrected chi connectivity index (χ3v) is 2.56. The number of ketones is 1. The van der Waals surface area contributed by atoms with E-state index in [0.717, 1.165) is 12.1 Å². The monoisotopic (exact) mass is 326 g/mol. The molecule has 1 rings (SSSR count). The van der Waals surface area contributed by atoms with Crippen molar-refractivity contribution in [3.8, 4) is 5.75 Å². The van der Waals surface area contributed by atoms with Gasteiger partial charge in [-0.15, -0.1) is 24.8 Å². The van der Waals surface area contributed by atoms with Gasteiger partial charge in [0, 0.05) is 5.56 Å². The lowest BCUT2D eigenvalue weighted by Gasteiger charge is -2.14. The number of hydrogen-bond acceptors (Lipinski definition) is 4. The van der Waals surface area contributed by atoms with Crippen molar-refractivity contribution in [1.82, 2.24) is 0 Å². The molecule has 0 spiro atoms. The Morgan fingerprint density at radius 1 is 1.29 bits per heavy atom. The van der Waals surface area contributed by atoms with Gasteiger partial charge in [-0.3, -0.25) is 4.79 Å². The molecule has 0 aromatic heterocycles. The fourth-order valence-electron chi connectivity index (χ4n) is 1.49. The standard InChI is InChI=1S/C12H10ClF3O5/c1-5(13)9(17)6-2-7(10(18)11(19)20)4-8(3-6)21-12(14,15)16/h2-5,10,18H,1H3,(H,19,20). The Labute approximate surface area is 121 Å². The molecule has 116 valence electrons. The van der Waals surface area contributed by atoms with E-state index in [1.807, 2.05) is 0 Å². The Bertz CT molecular complexity index is 556. The zero-order valence-electron chi connectivity index (χ0n) is 10.5. The predicted octanol–water partition coefficient (Wildman–Crippen LogP) is 2.51. The summed E-state index contributed by atoms with van der Waals surface area (Å²) in [6.45, 7) is 1.30. The van der Waals surface area contributed by atoms with Gasteiger partial charge in [0.05, 0.1) is 5.38 Å². The third-order valence-electron chi connectivity index (χ3n) is 2.36. The van der Waals surface area contributed by atoms with Crippen molar-refractivity contribution in [1.29, 1.82) is 0 Å². The number of benzene rings is 1. The molecular weight excluding hydrogens is 317 g/mol. The number of aliphatic hydroxyl groups excluding tert-OH is 1. The molecule has 0 aliphatic rings. The minimum absolute atomic E-state index is 0.297. The minimum atomic E-state index is -5.03. The second-order valence-electron chi connectivity index (χ2n) is 4.06. The molecule has 0 aliphatic carbocycles. The van der Waals surface area contributed by atoms with E-state index in [0.29, 0.717) is 6.07 Å². The zero-order valence-corrected chi connectivity index (χ0v) is 11.3. The van der Waals surface area contributed by atoms with Gasteiger partial charge in [0.25, 0.3) is 0 Å². The Balaban J connectivity index is 3.32. The number of hydrogen-bond donors (Lipinski definition) is 2. The first-order valence-electron chi connectivity index (χ1n) is 5.51. The van der Waals surface area contributed by atoms with Crippen LogP contribution in [0.25, 0.3) is 0 Å². The predicted molar refractivity (Wildman–Crippen MR) is 65.4 cm³/mol. The maximum atomic E-state index is 12.2. The lowest BCUT2D eigenvalue weighted by Crippen LogP contribution is -2.19. The molecule has 5 nitrogen and oxygen atoms in total. The SMILES string of the molecule is CC(Cl)C(=O)c1cc(OC(F)(F)F)cc(C(O)C(=O)O)c1. The van der Waals surface area contributed by atoms with Gasteiger partial charge < -0.3 is 14.9 Å². The van der Waals surface area contributed by atoms with Gasteiger partial charge in [-0.2, -0.15) is 0 Å². The number of carboxylic acid groups (broad SMARTS) is 1. The molecular formula is C12H10ClF3O5. The van der Waals surface area contributed by atoms with Gasteiger partial charge in [0.15, 0.2) is 11.9 Å². The minimum Gasteiger partial charge on any atom is -0.479 e. The number of alkyl halides is 4. The average Bonchev–Trinajstić information content (AvgIpc) is 2.34. The van der Waals surface area contributed by atoms with Crippen molar-refractivity contribution in [2.24, 2.45) is 0 Å². The summed E-state index contributed by atoms with van der Waals surface area (Å²) < 4.78 is 40.3. The fraction of sp³-hybridized carbons (Fsp3) is 0.333. The van der Waals surface area contributed by atoms with Crippen molar-refractivity contribution in [3.63, 3.8) is 0 Å². The van der Waals surface area contributed by atoms with E-state index in [-0.39, 0.29) is 5.56 Å². The molecule has 0 radical (unpaired) electrons. The summed E-state index contributed by atoms with van der Waals surface area (Å²) in [4.78, 5) is 22.4. The van der Waals surface area contributed by atoms with Crippen LogP contribution in [0, 0.1) is 0 Å². The highest BCUT2D eigenvalue weighted by molar-refractivity contribution is 6.33. The topological polar surface area (TPSA) is 83.8 Å². The van der Waals surface area contributed by atoms with Gasteiger partial charge in [-0.1, -0.05) is 0 Å². The number of carbonyl (C=O) groups is 2. The van der Waals surface area contributed by atoms with Crippen LogP contribution >= 0.6 is 11.6 Å². The molecule has 0 bridgehead atoms. The van der Waals surface area contributed by atoms with E-state index < -0.39 is 40.9 Å². The van der Waals surface area contributed by atoms with E-state index in [4.69, 9.17) is 16.7 Å². The summed E-state index contributed by atoms with van der Waals surface area (Å²) in [6, 6.07) is 2.40. The maximum Gasteiger partial charge on any atom is 0.573 e. The van der Waals surface area contributed by atoms with Crippen molar-refractivity contribution in [2.45, 2.75) is 24.8 Å². The van der Waals surface area contributed by atoms with Crippen LogP contribution in [0.1, 0.15) is 28.9 Å². The van der Waals surface area contributed by atoms with Gasteiger partial charge in [-0.25, -0.2) is 4.79 Å². The number of rotatable bonds is 5. The second kappa shape index (κ2) is 6.31.